The third-order valence-corrected chi connectivity index (χ3v) is 5.12. The van der Waals surface area contributed by atoms with Crippen molar-refractivity contribution in [3.63, 3.8) is 0 Å². The van der Waals surface area contributed by atoms with E-state index in [1.807, 2.05) is 42.2 Å². The molecule has 3 rings (SSSR count). The summed E-state index contributed by atoms with van der Waals surface area (Å²) in [7, 11) is 0. The average Bonchev–Trinajstić information content (AvgIpc) is 2.69. The van der Waals surface area contributed by atoms with Gasteiger partial charge in [0.25, 0.3) is 0 Å². The van der Waals surface area contributed by atoms with Gasteiger partial charge in [-0.25, -0.2) is 0 Å². The van der Waals surface area contributed by atoms with E-state index in [1.165, 1.54) is 0 Å². The van der Waals surface area contributed by atoms with Crippen molar-refractivity contribution in [3.8, 4) is 0 Å². The standard InChI is InChI=1S/C20H30N4O3/c1-17-14-24(11-12-27-17)20(26)16-23-9-7-22(8-10-23)15-19(25)21-13-18-5-3-2-4-6-18/h2-6,17H,7-16H2,1H3,(H,21,25). The van der Waals surface area contributed by atoms with Crippen LogP contribution in [-0.4, -0.2) is 91.6 Å². The number of carbonyl (C=O) groups excluding carboxylic acids is 2. The number of ether oxygens (including phenoxy) is 1. The van der Waals surface area contributed by atoms with E-state index in [4.69, 9.17) is 4.74 Å². The molecule has 2 fully saturated rings. The van der Waals surface area contributed by atoms with Crippen LogP contribution in [0.15, 0.2) is 30.3 Å². The smallest absolute Gasteiger partial charge is 0.236 e. The van der Waals surface area contributed by atoms with Crippen LogP contribution in [-0.2, 0) is 20.9 Å². The van der Waals surface area contributed by atoms with Crippen molar-refractivity contribution in [2.75, 3.05) is 59.0 Å². The Kier molecular flexibility index (Phi) is 7.20. The van der Waals surface area contributed by atoms with Crippen molar-refractivity contribution >= 4 is 11.8 Å². The first-order chi connectivity index (χ1) is 13.1. The highest BCUT2D eigenvalue weighted by Gasteiger charge is 2.25. The van der Waals surface area contributed by atoms with Gasteiger partial charge in [-0.05, 0) is 12.5 Å². The molecule has 1 atom stereocenters. The van der Waals surface area contributed by atoms with Crippen LogP contribution in [0.5, 0.6) is 0 Å². The van der Waals surface area contributed by atoms with Crippen LogP contribution in [0.3, 0.4) is 0 Å². The molecule has 2 saturated heterocycles. The van der Waals surface area contributed by atoms with Gasteiger partial charge in [-0.2, -0.15) is 0 Å². The number of carbonyl (C=O) groups is 2. The molecule has 1 aromatic carbocycles. The van der Waals surface area contributed by atoms with Crippen molar-refractivity contribution in [1.82, 2.24) is 20.0 Å². The molecule has 2 heterocycles. The Morgan fingerprint density at radius 3 is 2.37 bits per heavy atom. The van der Waals surface area contributed by atoms with Gasteiger partial charge in [0, 0.05) is 45.8 Å². The van der Waals surface area contributed by atoms with Crippen LogP contribution >= 0.6 is 0 Å². The fourth-order valence-electron chi connectivity index (χ4n) is 3.50. The first kappa shape index (κ1) is 19.8. The minimum Gasteiger partial charge on any atom is -0.375 e. The molecule has 1 N–H and O–H groups in total. The summed E-state index contributed by atoms with van der Waals surface area (Å²) in [5.41, 5.74) is 1.10. The average molecular weight is 374 g/mol. The molecule has 0 bridgehead atoms. The summed E-state index contributed by atoms with van der Waals surface area (Å²) < 4.78 is 5.50. The third-order valence-electron chi connectivity index (χ3n) is 5.12. The Balaban J connectivity index is 1.33. The highest BCUT2D eigenvalue weighted by Crippen LogP contribution is 2.07. The van der Waals surface area contributed by atoms with Crippen LogP contribution in [0.4, 0.5) is 0 Å². The van der Waals surface area contributed by atoms with Gasteiger partial charge in [0.15, 0.2) is 0 Å². The molecule has 0 aromatic heterocycles. The summed E-state index contributed by atoms with van der Waals surface area (Å²) in [5, 5.41) is 2.97. The molecule has 2 amide bonds. The number of hydrogen-bond donors (Lipinski definition) is 1. The zero-order valence-corrected chi connectivity index (χ0v) is 16.1. The lowest BCUT2D eigenvalue weighted by Gasteiger charge is -2.36. The number of amides is 2. The Hall–Kier alpha value is -1.96. The summed E-state index contributed by atoms with van der Waals surface area (Å²) in [6.45, 7) is 8.68. The van der Waals surface area contributed by atoms with Gasteiger partial charge in [0.1, 0.15) is 0 Å². The maximum absolute atomic E-state index is 12.4. The Morgan fingerprint density at radius 2 is 1.70 bits per heavy atom. The molecular formula is C20H30N4O3. The van der Waals surface area contributed by atoms with Gasteiger partial charge in [-0.3, -0.25) is 19.4 Å². The van der Waals surface area contributed by atoms with Crippen LogP contribution in [0.1, 0.15) is 12.5 Å². The fraction of sp³-hybridized carbons (Fsp3) is 0.600. The largest absolute Gasteiger partial charge is 0.375 e. The van der Waals surface area contributed by atoms with E-state index in [-0.39, 0.29) is 17.9 Å². The molecule has 2 aliphatic heterocycles. The van der Waals surface area contributed by atoms with Crippen molar-refractivity contribution in [2.24, 2.45) is 0 Å². The quantitative estimate of drug-likeness (QED) is 0.769. The summed E-state index contributed by atoms with van der Waals surface area (Å²) in [4.78, 5) is 30.8. The number of nitrogens with one attached hydrogen (secondary N) is 1. The lowest BCUT2D eigenvalue weighted by Crippen LogP contribution is -2.53. The first-order valence-corrected chi connectivity index (χ1v) is 9.75. The van der Waals surface area contributed by atoms with Gasteiger partial charge in [-0.1, -0.05) is 30.3 Å². The second-order valence-corrected chi connectivity index (χ2v) is 7.34. The molecule has 27 heavy (non-hydrogen) atoms. The second-order valence-electron chi connectivity index (χ2n) is 7.34. The summed E-state index contributed by atoms with van der Waals surface area (Å²) >= 11 is 0. The predicted octanol–water partition coefficient (Wildman–Crippen LogP) is 0.168. The zero-order chi connectivity index (χ0) is 19.1. The molecule has 7 nitrogen and oxygen atoms in total. The number of nitrogens with zero attached hydrogens (tertiary/aromatic N) is 3. The van der Waals surface area contributed by atoms with Crippen LogP contribution in [0.2, 0.25) is 0 Å². The van der Waals surface area contributed by atoms with E-state index in [0.717, 1.165) is 31.7 Å². The van der Waals surface area contributed by atoms with E-state index in [1.54, 1.807) is 0 Å². The van der Waals surface area contributed by atoms with E-state index < -0.39 is 0 Å². The molecule has 148 valence electrons. The number of benzene rings is 1. The molecular weight excluding hydrogens is 344 g/mol. The SMILES string of the molecule is CC1CN(C(=O)CN2CCN(CC(=O)NCc3ccccc3)CC2)CCO1. The first-order valence-electron chi connectivity index (χ1n) is 9.75. The highest BCUT2D eigenvalue weighted by molar-refractivity contribution is 5.78. The Morgan fingerprint density at radius 1 is 1.04 bits per heavy atom. The van der Waals surface area contributed by atoms with E-state index in [9.17, 15) is 9.59 Å². The number of piperazine rings is 1. The summed E-state index contributed by atoms with van der Waals surface area (Å²) in [6, 6.07) is 9.92. The Labute approximate surface area is 161 Å². The van der Waals surface area contributed by atoms with Gasteiger partial charge in [-0.15, -0.1) is 0 Å². The zero-order valence-electron chi connectivity index (χ0n) is 16.1. The van der Waals surface area contributed by atoms with Crippen LogP contribution in [0, 0.1) is 0 Å². The molecule has 0 spiro atoms. The normalized spacial score (nSPS) is 21.8. The topological polar surface area (TPSA) is 65.1 Å². The second kappa shape index (κ2) is 9.82. The maximum atomic E-state index is 12.4. The van der Waals surface area contributed by atoms with Crippen molar-refractivity contribution in [2.45, 2.75) is 19.6 Å². The predicted molar refractivity (Wildman–Crippen MR) is 103 cm³/mol. The number of morpholine rings is 1. The highest BCUT2D eigenvalue weighted by atomic mass is 16.5. The van der Waals surface area contributed by atoms with Crippen molar-refractivity contribution < 1.29 is 14.3 Å². The van der Waals surface area contributed by atoms with E-state index in [0.29, 0.717) is 39.3 Å². The van der Waals surface area contributed by atoms with Gasteiger partial charge >= 0.3 is 0 Å². The third kappa shape index (κ3) is 6.30. The summed E-state index contributed by atoms with van der Waals surface area (Å²) in [6.07, 6.45) is 0.119. The lowest BCUT2D eigenvalue weighted by molar-refractivity contribution is -0.140. The number of rotatable bonds is 6. The monoisotopic (exact) mass is 374 g/mol. The minimum atomic E-state index is 0.0469. The van der Waals surface area contributed by atoms with Crippen LogP contribution < -0.4 is 5.32 Å². The lowest BCUT2D eigenvalue weighted by atomic mass is 10.2. The molecule has 0 aliphatic carbocycles. The molecule has 1 unspecified atom stereocenters. The Bertz CT molecular complexity index is 617. The van der Waals surface area contributed by atoms with Gasteiger partial charge < -0.3 is 15.0 Å². The molecule has 1 aromatic rings. The molecule has 0 radical (unpaired) electrons. The minimum absolute atomic E-state index is 0.0469. The van der Waals surface area contributed by atoms with Crippen molar-refractivity contribution in [1.29, 1.82) is 0 Å². The molecule has 0 saturated carbocycles. The van der Waals surface area contributed by atoms with E-state index >= 15 is 0 Å². The fourth-order valence-corrected chi connectivity index (χ4v) is 3.50. The van der Waals surface area contributed by atoms with Crippen molar-refractivity contribution in [3.05, 3.63) is 35.9 Å². The van der Waals surface area contributed by atoms with Gasteiger partial charge in [0.05, 0.1) is 25.8 Å². The molecule has 2 aliphatic rings. The molecule has 7 heteroatoms. The van der Waals surface area contributed by atoms with Crippen LogP contribution in [0.25, 0.3) is 0 Å². The van der Waals surface area contributed by atoms with Gasteiger partial charge in [0.2, 0.25) is 11.8 Å². The van der Waals surface area contributed by atoms with E-state index in [2.05, 4.69) is 15.1 Å². The summed E-state index contributed by atoms with van der Waals surface area (Å²) in [5.74, 6) is 0.227. The number of hydrogen-bond acceptors (Lipinski definition) is 5. The maximum Gasteiger partial charge on any atom is 0.236 e.